The molecule has 3 aromatic rings. The zero-order valence-electron chi connectivity index (χ0n) is 19.7. The van der Waals surface area contributed by atoms with Crippen LogP contribution in [0, 0.1) is 11.3 Å². The maximum atomic E-state index is 12.8. The van der Waals surface area contributed by atoms with E-state index in [4.69, 9.17) is 9.47 Å². The van der Waals surface area contributed by atoms with E-state index in [0.717, 1.165) is 6.42 Å². The summed E-state index contributed by atoms with van der Waals surface area (Å²) in [6, 6.07) is 10.2. The first kappa shape index (κ1) is 22.9. The van der Waals surface area contributed by atoms with Crippen molar-refractivity contribution in [3.63, 3.8) is 0 Å². The molecule has 0 radical (unpaired) electrons. The van der Waals surface area contributed by atoms with Crippen molar-refractivity contribution >= 4 is 34.7 Å². The SMILES string of the molecule is N#Cc1cnc2ccc(=O)n(CCN[C@@H]3CC[C@@H]4[C@@H](C3)OC(=O)N4c3ccc4c(n3)NC(=O)CO4)c2c1. The highest BCUT2D eigenvalue weighted by Gasteiger charge is 2.46. The molecule has 188 valence electrons. The number of nitriles is 1. The van der Waals surface area contributed by atoms with Crippen LogP contribution in [0.2, 0.25) is 0 Å². The van der Waals surface area contributed by atoms with Gasteiger partial charge in [0.25, 0.3) is 11.5 Å². The molecule has 3 aromatic heterocycles. The van der Waals surface area contributed by atoms with Crippen LogP contribution in [-0.4, -0.2) is 57.9 Å². The first-order valence-corrected chi connectivity index (χ1v) is 12.1. The zero-order valence-corrected chi connectivity index (χ0v) is 19.7. The lowest BCUT2D eigenvalue weighted by Crippen LogP contribution is -2.46. The number of hydrogen-bond donors (Lipinski definition) is 2. The maximum Gasteiger partial charge on any atom is 0.416 e. The summed E-state index contributed by atoms with van der Waals surface area (Å²) in [5, 5.41) is 15.3. The van der Waals surface area contributed by atoms with Crippen molar-refractivity contribution < 1.29 is 19.1 Å². The molecule has 12 nitrogen and oxygen atoms in total. The van der Waals surface area contributed by atoms with E-state index in [9.17, 15) is 19.6 Å². The number of rotatable bonds is 5. The number of nitrogens with one attached hydrogen (secondary N) is 2. The third-order valence-electron chi connectivity index (χ3n) is 6.98. The largest absolute Gasteiger partial charge is 0.480 e. The lowest BCUT2D eigenvalue weighted by Gasteiger charge is -2.33. The predicted molar refractivity (Wildman–Crippen MR) is 131 cm³/mol. The second-order valence-electron chi connectivity index (χ2n) is 9.24. The Morgan fingerprint density at radius 3 is 2.95 bits per heavy atom. The minimum Gasteiger partial charge on any atom is -0.480 e. The lowest BCUT2D eigenvalue weighted by atomic mass is 9.88. The smallest absolute Gasteiger partial charge is 0.416 e. The van der Waals surface area contributed by atoms with Gasteiger partial charge in [-0.05, 0) is 37.1 Å². The standard InChI is InChI=1S/C25H23N7O5/c26-11-14-9-18-16(28-12-14)2-6-23(34)31(18)8-7-27-15-1-3-17-20(10-15)37-25(35)32(17)21-5-4-19-24(29-21)30-22(33)13-36-19/h2,4-6,9,12,15,17,20,27H,1,3,7-8,10,13H2,(H,29,30,33)/t15-,17-,20-/m1/s1. The van der Waals surface area contributed by atoms with Gasteiger partial charge in [-0.1, -0.05) is 0 Å². The Morgan fingerprint density at radius 1 is 1.19 bits per heavy atom. The van der Waals surface area contributed by atoms with E-state index < -0.39 is 6.09 Å². The molecular weight excluding hydrogens is 478 g/mol. The van der Waals surface area contributed by atoms with Crippen LogP contribution in [0.1, 0.15) is 24.8 Å². The van der Waals surface area contributed by atoms with Gasteiger partial charge < -0.3 is 24.7 Å². The van der Waals surface area contributed by atoms with E-state index >= 15 is 0 Å². The van der Waals surface area contributed by atoms with Gasteiger partial charge >= 0.3 is 6.09 Å². The molecule has 1 saturated heterocycles. The fourth-order valence-corrected chi connectivity index (χ4v) is 5.23. The molecule has 0 unspecified atom stereocenters. The quantitative estimate of drug-likeness (QED) is 0.530. The normalized spacial score (nSPS) is 22.5. The first-order valence-electron chi connectivity index (χ1n) is 12.1. The van der Waals surface area contributed by atoms with Crippen molar-refractivity contribution in [2.24, 2.45) is 0 Å². The van der Waals surface area contributed by atoms with Crippen LogP contribution in [0.15, 0.2) is 41.3 Å². The number of ether oxygens (including phenoxy) is 2. The summed E-state index contributed by atoms with van der Waals surface area (Å²) in [6.45, 7) is 0.878. The van der Waals surface area contributed by atoms with Gasteiger partial charge in [-0.15, -0.1) is 0 Å². The van der Waals surface area contributed by atoms with Crippen LogP contribution in [-0.2, 0) is 16.1 Å². The molecule has 2 aliphatic heterocycles. The highest BCUT2D eigenvalue weighted by Crippen LogP contribution is 2.37. The molecule has 1 saturated carbocycles. The number of carbonyl (C=O) groups excluding carboxylic acids is 2. The number of hydrogen-bond acceptors (Lipinski definition) is 9. The molecule has 5 heterocycles. The van der Waals surface area contributed by atoms with Gasteiger partial charge in [-0.25, -0.2) is 9.78 Å². The summed E-state index contributed by atoms with van der Waals surface area (Å²) >= 11 is 0. The Kier molecular flexibility index (Phi) is 5.69. The van der Waals surface area contributed by atoms with Gasteiger partial charge in [0.1, 0.15) is 18.0 Å². The third-order valence-corrected chi connectivity index (χ3v) is 6.98. The average molecular weight is 502 g/mol. The fraction of sp³-hybridized carbons (Fsp3) is 0.360. The molecule has 0 bridgehead atoms. The predicted octanol–water partition coefficient (Wildman–Crippen LogP) is 1.53. The summed E-state index contributed by atoms with van der Waals surface area (Å²) in [6.07, 6.45) is 2.87. The van der Waals surface area contributed by atoms with Crippen LogP contribution in [0.25, 0.3) is 11.0 Å². The van der Waals surface area contributed by atoms with Crippen LogP contribution in [0.5, 0.6) is 5.75 Å². The molecule has 37 heavy (non-hydrogen) atoms. The average Bonchev–Trinajstić information content (AvgIpc) is 3.24. The highest BCUT2D eigenvalue weighted by atomic mass is 16.6. The Bertz CT molecular complexity index is 1510. The minimum absolute atomic E-state index is 0.0637. The van der Waals surface area contributed by atoms with E-state index in [1.54, 1.807) is 33.7 Å². The van der Waals surface area contributed by atoms with Gasteiger partial charge in [0, 0.05) is 37.8 Å². The summed E-state index contributed by atoms with van der Waals surface area (Å²) in [4.78, 5) is 47.2. The number of carbonyl (C=O) groups is 2. The molecule has 12 heteroatoms. The fourth-order valence-electron chi connectivity index (χ4n) is 5.23. The van der Waals surface area contributed by atoms with E-state index in [0.29, 0.717) is 59.9 Å². The molecule has 0 aromatic carbocycles. The molecule has 3 aliphatic rings. The van der Waals surface area contributed by atoms with Crippen molar-refractivity contribution in [3.05, 3.63) is 52.4 Å². The number of nitrogens with zero attached hydrogens (tertiary/aromatic N) is 5. The number of fused-ring (bicyclic) bond motifs is 3. The molecule has 2 fully saturated rings. The molecule has 2 amide bonds. The van der Waals surface area contributed by atoms with E-state index in [1.165, 1.54) is 12.3 Å². The van der Waals surface area contributed by atoms with Gasteiger partial charge in [0.15, 0.2) is 18.2 Å². The second kappa shape index (κ2) is 9.18. The van der Waals surface area contributed by atoms with Gasteiger partial charge in [-0.2, -0.15) is 5.26 Å². The maximum absolute atomic E-state index is 12.8. The van der Waals surface area contributed by atoms with Gasteiger partial charge in [-0.3, -0.25) is 19.5 Å². The van der Waals surface area contributed by atoms with Crippen molar-refractivity contribution in [3.8, 4) is 11.8 Å². The van der Waals surface area contributed by atoms with E-state index in [1.807, 2.05) is 0 Å². The third kappa shape index (κ3) is 4.23. The topological polar surface area (TPSA) is 151 Å². The van der Waals surface area contributed by atoms with Crippen LogP contribution >= 0.6 is 0 Å². The van der Waals surface area contributed by atoms with E-state index in [-0.39, 0.29) is 36.3 Å². The Labute approximate surface area is 210 Å². The minimum atomic E-state index is -0.464. The molecule has 3 atom stereocenters. The van der Waals surface area contributed by atoms with Crippen molar-refractivity contribution in [2.45, 2.75) is 44.0 Å². The lowest BCUT2D eigenvalue weighted by molar-refractivity contribution is -0.118. The number of pyridine rings is 3. The summed E-state index contributed by atoms with van der Waals surface area (Å²) in [5.41, 5.74) is 1.51. The summed E-state index contributed by atoms with van der Waals surface area (Å²) < 4.78 is 12.7. The van der Waals surface area contributed by atoms with E-state index in [2.05, 4.69) is 26.7 Å². The highest BCUT2D eigenvalue weighted by molar-refractivity contribution is 5.95. The Balaban J connectivity index is 1.11. The van der Waals surface area contributed by atoms with Crippen LogP contribution < -0.4 is 25.8 Å². The summed E-state index contributed by atoms with van der Waals surface area (Å²) in [5.74, 6) is 0.874. The van der Waals surface area contributed by atoms with Crippen LogP contribution in [0.3, 0.4) is 0 Å². The molecular formula is C25H23N7O5. The number of amides is 2. The molecule has 1 aliphatic carbocycles. The first-order chi connectivity index (χ1) is 18.0. The monoisotopic (exact) mass is 501 g/mol. The molecule has 6 rings (SSSR count). The Hall–Kier alpha value is -4.50. The van der Waals surface area contributed by atoms with Crippen LogP contribution in [0.4, 0.5) is 16.4 Å². The van der Waals surface area contributed by atoms with Crippen molar-refractivity contribution in [1.29, 1.82) is 5.26 Å². The second-order valence-corrected chi connectivity index (χ2v) is 9.24. The van der Waals surface area contributed by atoms with Crippen molar-refractivity contribution in [1.82, 2.24) is 19.9 Å². The number of anilines is 2. The molecule has 0 spiro atoms. The summed E-state index contributed by atoms with van der Waals surface area (Å²) in [7, 11) is 0. The van der Waals surface area contributed by atoms with Gasteiger partial charge in [0.05, 0.1) is 22.6 Å². The number of aromatic nitrogens is 3. The molecule has 2 N–H and O–H groups in total. The van der Waals surface area contributed by atoms with Crippen molar-refractivity contribution in [2.75, 3.05) is 23.4 Å². The Morgan fingerprint density at radius 2 is 2.08 bits per heavy atom. The zero-order chi connectivity index (χ0) is 25.5. The van der Waals surface area contributed by atoms with Gasteiger partial charge in [0.2, 0.25) is 0 Å².